The molecule has 0 saturated carbocycles. The largest absolute Gasteiger partial charge is 0.463 e. The van der Waals surface area contributed by atoms with Gasteiger partial charge in [0.05, 0.1) is 11.2 Å². The average molecular weight is 434 g/mol. The van der Waals surface area contributed by atoms with E-state index in [0.29, 0.717) is 23.6 Å². The summed E-state index contributed by atoms with van der Waals surface area (Å²) in [7, 11) is 0. The molecule has 1 aromatic carbocycles. The Morgan fingerprint density at radius 2 is 2.03 bits per heavy atom. The molecule has 4 aromatic rings. The van der Waals surface area contributed by atoms with E-state index in [1.54, 1.807) is 18.2 Å². The average Bonchev–Trinajstić information content (AvgIpc) is 3.43. The Balaban J connectivity index is 1.73. The molecule has 4 rings (SSSR count). The lowest BCUT2D eigenvalue weighted by atomic mass is 10.2. The molecule has 0 aliphatic rings. The van der Waals surface area contributed by atoms with Crippen molar-refractivity contribution >= 4 is 17.4 Å². The topological polar surface area (TPSA) is 149 Å². The Hall–Kier alpha value is -4.54. The van der Waals surface area contributed by atoms with Crippen LogP contribution in [-0.4, -0.2) is 30.6 Å². The van der Waals surface area contributed by atoms with E-state index in [9.17, 15) is 19.7 Å². The zero-order valence-electron chi connectivity index (χ0n) is 16.9. The van der Waals surface area contributed by atoms with Gasteiger partial charge in [-0.3, -0.25) is 24.7 Å². The van der Waals surface area contributed by atoms with E-state index in [-0.39, 0.29) is 28.6 Å². The number of anilines is 1. The molecule has 0 bridgehead atoms. The summed E-state index contributed by atoms with van der Waals surface area (Å²) in [6.07, 6.45) is 2.90. The van der Waals surface area contributed by atoms with Crippen molar-refractivity contribution < 1.29 is 14.1 Å². The zero-order valence-corrected chi connectivity index (χ0v) is 16.9. The van der Waals surface area contributed by atoms with Gasteiger partial charge in [0.1, 0.15) is 11.5 Å². The number of furan rings is 1. The number of aromatic nitrogens is 4. The zero-order chi connectivity index (χ0) is 22.7. The van der Waals surface area contributed by atoms with Gasteiger partial charge < -0.3 is 9.73 Å². The molecular weight excluding hydrogens is 416 g/mol. The number of amides is 1. The Morgan fingerprint density at radius 1 is 1.25 bits per heavy atom. The van der Waals surface area contributed by atoms with Crippen LogP contribution >= 0.6 is 0 Å². The van der Waals surface area contributed by atoms with Crippen LogP contribution in [0, 0.1) is 10.1 Å². The molecule has 0 unspecified atom stereocenters. The fourth-order valence-electron chi connectivity index (χ4n) is 3.08. The number of hydrogen-bond acceptors (Lipinski definition) is 7. The lowest BCUT2D eigenvalue weighted by molar-refractivity contribution is -0.384. The summed E-state index contributed by atoms with van der Waals surface area (Å²) in [5.74, 6) is 0.315. The van der Waals surface area contributed by atoms with E-state index >= 15 is 0 Å². The van der Waals surface area contributed by atoms with Crippen molar-refractivity contribution in [1.29, 1.82) is 0 Å². The minimum Gasteiger partial charge on any atom is -0.463 e. The van der Waals surface area contributed by atoms with E-state index in [4.69, 9.17) is 4.42 Å². The van der Waals surface area contributed by atoms with Gasteiger partial charge in [0.25, 0.3) is 17.2 Å². The summed E-state index contributed by atoms with van der Waals surface area (Å²) < 4.78 is 6.70. The van der Waals surface area contributed by atoms with E-state index in [0.717, 1.165) is 6.42 Å². The number of non-ortho nitro benzene ring substituents is 1. The number of benzene rings is 1. The summed E-state index contributed by atoms with van der Waals surface area (Å²) in [4.78, 5) is 42.3. The highest BCUT2D eigenvalue weighted by molar-refractivity contribution is 6.04. The van der Waals surface area contributed by atoms with Crippen LogP contribution in [0.3, 0.4) is 0 Å². The van der Waals surface area contributed by atoms with Crippen LogP contribution < -0.4 is 10.9 Å². The molecule has 1 amide bonds. The monoisotopic (exact) mass is 434 g/mol. The Bertz CT molecular complexity index is 1320. The highest BCUT2D eigenvalue weighted by Gasteiger charge is 2.18. The van der Waals surface area contributed by atoms with Crippen molar-refractivity contribution in [3.8, 4) is 17.4 Å². The van der Waals surface area contributed by atoms with Crippen molar-refractivity contribution in [2.45, 2.75) is 19.8 Å². The first-order valence-electron chi connectivity index (χ1n) is 9.75. The van der Waals surface area contributed by atoms with Crippen molar-refractivity contribution in [3.63, 3.8) is 0 Å². The molecular formula is C21H18N6O5. The van der Waals surface area contributed by atoms with Crippen LogP contribution in [0.5, 0.6) is 0 Å². The molecule has 0 radical (unpaired) electrons. The number of hydrogen-bond donors (Lipinski definition) is 2. The molecule has 0 aliphatic carbocycles. The number of nitrogens with one attached hydrogen (secondary N) is 2. The van der Waals surface area contributed by atoms with Gasteiger partial charge in [-0.1, -0.05) is 13.3 Å². The van der Waals surface area contributed by atoms with Gasteiger partial charge in [0, 0.05) is 35.5 Å². The highest BCUT2D eigenvalue weighted by atomic mass is 16.6. The number of rotatable bonds is 7. The number of aryl methyl sites for hydroxylation is 1. The van der Waals surface area contributed by atoms with E-state index in [2.05, 4.69) is 20.4 Å². The van der Waals surface area contributed by atoms with Gasteiger partial charge in [-0.05, 0) is 30.7 Å². The van der Waals surface area contributed by atoms with Crippen LogP contribution in [-0.2, 0) is 6.42 Å². The minimum absolute atomic E-state index is 0.124. The second-order valence-electron chi connectivity index (χ2n) is 6.87. The number of carbonyl (C=O) groups excluding carboxylic acids is 1. The van der Waals surface area contributed by atoms with Crippen molar-refractivity contribution in [1.82, 2.24) is 19.7 Å². The maximum atomic E-state index is 12.8. The molecule has 32 heavy (non-hydrogen) atoms. The lowest BCUT2D eigenvalue weighted by Gasteiger charge is -2.09. The molecule has 2 N–H and O–H groups in total. The molecule has 11 nitrogen and oxygen atoms in total. The first kappa shape index (κ1) is 20.7. The van der Waals surface area contributed by atoms with Gasteiger partial charge in [-0.15, -0.1) is 0 Å². The summed E-state index contributed by atoms with van der Waals surface area (Å²) in [6, 6.07) is 11.6. The van der Waals surface area contributed by atoms with E-state index < -0.39 is 10.8 Å². The normalized spacial score (nSPS) is 10.8. The predicted octanol–water partition coefficient (Wildman–Crippen LogP) is 3.33. The second-order valence-corrected chi connectivity index (χ2v) is 6.87. The minimum atomic E-state index is -0.544. The van der Waals surface area contributed by atoms with Crippen LogP contribution in [0.4, 0.5) is 11.5 Å². The van der Waals surface area contributed by atoms with Crippen LogP contribution in [0.2, 0.25) is 0 Å². The number of carbonyl (C=O) groups is 1. The summed E-state index contributed by atoms with van der Waals surface area (Å²) in [6.45, 7) is 1.97. The molecule has 0 spiro atoms. The number of nitro benzene ring substituents is 1. The molecule has 162 valence electrons. The summed E-state index contributed by atoms with van der Waals surface area (Å²) in [5, 5.41) is 18.0. The summed E-state index contributed by atoms with van der Waals surface area (Å²) in [5.41, 5.74) is 0.748. The predicted molar refractivity (Wildman–Crippen MR) is 115 cm³/mol. The number of nitro groups is 1. The Labute approximate surface area is 180 Å². The van der Waals surface area contributed by atoms with Crippen molar-refractivity contribution in [2.75, 3.05) is 5.32 Å². The second kappa shape index (κ2) is 8.68. The SMILES string of the molecule is CCCc1cc(=O)[nH]c(-n2nc(-c3ccco3)cc2NC(=O)c2ccc([N+](=O)[O-])cc2)n1. The highest BCUT2D eigenvalue weighted by Crippen LogP contribution is 2.24. The van der Waals surface area contributed by atoms with Gasteiger partial charge in [-0.2, -0.15) is 9.78 Å². The molecule has 3 heterocycles. The molecule has 11 heteroatoms. The number of nitrogens with zero attached hydrogens (tertiary/aromatic N) is 4. The Kier molecular flexibility index (Phi) is 5.62. The maximum absolute atomic E-state index is 12.8. The van der Waals surface area contributed by atoms with Gasteiger partial charge in [0.15, 0.2) is 5.76 Å². The van der Waals surface area contributed by atoms with Crippen LogP contribution in [0.15, 0.2) is 64.0 Å². The Morgan fingerprint density at radius 3 is 2.69 bits per heavy atom. The first-order valence-corrected chi connectivity index (χ1v) is 9.75. The third-order valence-electron chi connectivity index (χ3n) is 4.55. The lowest BCUT2D eigenvalue weighted by Crippen LogP contribution is -2.19. The quantitative estimate of drug-likeness (QED) is 0.335. The maximum Gasteiger partial charge on any atom is 0.269 e. The third kappa shape index (κ3) is 4.31. The van der Waals surface area contributed by atoms with E-state index in [1.807, 2.05) is 6.92 Å². The van der Waals surface area contributed by atoms with Crippen LogP contribution in [0.25, 0.3) is 17.4 Å². The van der Waals surface area contributed by atoms with Gasteiger partial charge in [-0.25, -0.2) is 4.98 Å². The molecule has 0 atom stereocenters. The first-order chi connectivity index (χ1) is 15.4. The summed E-state index contributed by atoms with van der Waals surface area (Å²) >= 11 is 0. The molecule has 0 fully saturated rings. The number of aromatic amines is 1. The van der Waals surface area contributed by atoms with E-state index in [1.165, 1.54) is 41.3 Å². The molecule has 0 saturated heterocycles. The van der Waals surface area contributed by atoms with Gasteiger partial charge in [0.2, 0.25) is 5.95 Å². The fourth-order valence-corrected chi connectivity index (χ4v) is 3.08. The third-order valence-corrected chi connectivity index (χ3v) is 4.55. The smallest absolute Gasteiger partial charge is 0.269 e. The van der Waals surface area contributed by atoms with Gasteiger partial charge >= 0.3 is 0 Å². The van der Waals surface area contributed by atoms with Crippen molar-refractivity contribution in [2.24, 2.45) is 0 Å². The standard InChI is InChI=1S/C21H18N6O5/c1-2-4-14-11-19(28)24-21(22-14)26-18(12-16(25-26)17-5-3-10-32-17)23-20(29)13-6-8-15(9-7-13)27(30)31/h3,5-12H,2,4H2,1H3,(H,23,29)(H,22,24,28). The van der Waals surface area contributed by atoms with Crippen molar-refractivity contribution in [3.05, 3.63) is 86.5 Å². The molecule has 0 aliphatic heterocycles. The molecule has 3 aromatic heterocycles. The van der Waals surface area contributed by atoms with Crippen LogP contribution in [0.1, 0.15) is 29.4 Å². The number of H-pyrrole nitrogens is 1. The fraction of sp³-hybridized carbons (Fsp3) is 0.143.